The maximum Gasteiger partial charge on any atom is 0.326 e. The molecule has 0 amide bonds. The lowest BCUT2D eigenvalue weighted by Gasteiger charge is -2.26. The van der Waals surface area contributed by atoms with E-state index in [4.69, 9.17) is 9.47 Å². The SMILES string of the molecule is CCCC1(C(=O)OCCOC)CCCN1. The molecule has 1 aliphatic rings. The molecule has 0 spiro atoms. The Morgan fingerprint density at radius 2 is 2.27 bits per heavy atom. The number of hydrogen-bond donors (Lipinski definition) is 1. The van der Waals surface area contributed by atoms with Gasteiger partial charge >= 0.3 is 5.97 Å². The average Bonchev–Trinajstić information content (AvgIpc) is 2.68. The van der Waals surface area contributed by atoms with Gasteiger partial charge in [0.05, 0.1) is 6.61 Å². The molecule has 15 heavy (non-hydrogen) atoms. The third-order valence-electron chi connectivity index (χ3n) is 2.83. The molecule has 1 fully saturated rings. The summed E-state index contributed by atoms with van der Waals surface area (Å²) >= 11 is 0. The minimum atomic E-state index is -0.414. The van der Waals surface area contributed by atoms with Crippen molar-refractivity contribution in [1.29, 1.82) is 0 Å². The first-order valence-corrected chi connectivity index (χ1v) is 5.66. The molecule has 1 heterocycles. The number of nitrogens with one attached hydrogen (secondary N) is 1. The number of hydrogen-bond acceptors (Lipinski definition) is 4. The van der Waals surface area contributed by atoms with E-state index < -0.39 is 5.54 Å². The van der Waals surface area contributed by atoms with Crippen molar-refractivity contribution in [2.75, 3.05) is 26.9 Å². The van der Waals surface area contributed by atoms with E-state index in [0.717, 1.165) is 32.2 Å². The Hall–Kier alpha value is -0.610. The van der Waals surface area contributed by atoms with Crippen molar-refractivity contribution < 1.29 is 14.3 Å². The normalized spacial score (nSPS) is 25.5. The molecule has 1 atom stereocenters. The van der Waals surface area contributed by atoms with Gasteiger partial charge in [-0.05, 0) is 25.8 Å². The van der Waals surface area contributed by atoms with Crippen LogP contribution in [0.2, 0.25) is 0 Å². The minimum Gasteiger partial charge on any atom is -0.462 e. The van der Waals surface area contributed by atoms with E-state index in [9.17, 15) is 4.79 Å². The van der Waals surface area contributed by atoms with E-state index in [1.165, 1.54) is 0 Å². The first-order valence-electron chi connectivity index (χ1n) is 5.66. The largest absolute Gasteiger partial charge is 0.462 e. The topological polar surface area (TPSA) is 47.6 Å². The minimum absolute atomic E-state index is 0.112. The van der Waals surface area contributed by atoms with Gasteiger partial charge in [0.2, 0.25) is 0 Å². The summed E-state index contributed by atoms with van der Waals surface area (Å²) in [5.74, 6) is -0.112. The number of ether oxygens (including phenoxy) is 2. The molecular formula is C11H21NO3. The molecule has 1 unspecified atom stereocenters. The second-order valence-corrected chi connectivity index (χ2v) is 3.99. The maximum absolute atomic E-state index is 11.9. The van der Waals surface area contributed by atoms with Gasteiger partial charge in [-0.3, -0.25) is 4.79 Å². The fraction of sp³-hybridized carbons (Fsp3) is 0.909. The Labute approximate surface area is 91.3 Å². The van der Waals surface area contributed by atoms with Gasteiger partial charge in [-0.15, -0.1) is 0 Å². The number of carbonyl (C=O) groups is 1. The first kappa shape index (κ1) is 12.5. The van der Waals surface area contributed by atoms with E-state index in [0.29, 0.717) is 13.2 Å². The van der Waals surface area contributed by atoms with E-state index in [-0.39, 0.29) is 5.97 Å². The summed E-state index contributed by atoms with van der Waals surface area (Å²) in [6, 6.07) is 0. The van der Waals surface area contributed by atoms with E-state index in [2.05, 4.69) is 12.2 Å². The quantitative estimate of drug-likeness (QED) is 0.532. The van der Waals surface area contributed by atoms with Crippen LogP contribution in [0, 0.1) is 0 Å². The summed E-state index contributed by atoms with van der Waals surface area (Å²) < 4.78 is 10.0. The van der Waals surface area contributed by atoms with E-state index >= 15 is 0 Å². The van der Waals surface area contributed by atoms with Crippen LogP contribution in [0.4, 0.5) is 0 Å². The second kappa shape index (κ2) is 6.08. The average molecular weight is 215 g/mol. The highest BCUT2D eigenvalue weighted by atomic mass is 16.6. The van der Waals surface area contributed by atoms with Crippen LogP contribution < -0.4 is 5.32 Å². The molecule has 0 bridgehead atoms. The van der Waals surface area contributed by atoms with Crippen LogP contribution in [-0.2, 0) is 14.3 Å². The van der Waals surface area contributed by atoms with Crippen LogP contribution >= 0.6 is 0 Å². The van der Waals surface area contributed by atoms with Crippen LogP contribution in [0.1, 0.15) is 32.6 Å². The van der Waals surface area contributed by atoms with Gasteiger partial charge < -0.3 is 14.8 Å². The molecule has 1 aliphatic heterocycles. The fourth-order valence-corrected chi connectivity index (χ4v) is 2.08. The number of carbonyl (C=O) groups excluding carboxylic acids is 1. The zero-order valence-electron chi connectivity index (χ0n) is 9.67. The molecule has 0 aromatic rings. The smallest absolute Gasteiger partial charge is 0.326 e. The highest BCUT2D eigenvalue weighted by Crippen LogP contribution is 2.26. The standard InChI is InChI=1S/C11H21NO3/c1-3-5-11(6-4-7-12-11)10(13)15-9-8-14-2/h12H,3-9H2,1-2H3. The van der Waals surface area contributed by atoms with Crippen LogP contribution in [0.25, 0.3) is 0 Å². The number of esters is 1. The third-order valence-corrected chi connectivity index (χ3v) is 2.83. The van der Waals surface area contributed by atoms with Crippen molar-refractivity contribution in [2.45, 2.75) is 38.1 Å². The lowest BCUT2D eigenvalue weighted by molar-refractivity contribution is -0.152. The predicted molar refractivity (Wildman–Crippen MR) is 57.7 cm³/mol. The molecule has 1 rings (SSSR count). The third kappa shape index (κ3) is 3.18. The zero-order chi connectivity index (χ0) is 11.1. The molecule has 0 aromatic heterocycles. The summed E-state index contributed by atoms with van der Waals surface area (Å²) in [6.45, 7) is 3.82. The molecule has 4 nitrogen and oxygen atoms in total. The van der Waals surface area contributed by atoms with Gasteiger partial charge in [0, 0.05) is 7.11 Å². The van der Waals surface area contributed by atoms with Crippen molar-refractivity contribution in [3.8, 4) is 0 Å². The maximum atomic E-state index is 11.9. The van der Waals surface area contributed by atoms with Crippen LogP contribution in [0.15, 0.2) is 0 Å². The molecule has 0 aromatic carbocycles. The summed E-state index contributed by atoms with van der Waals surface area (Å²) in [7, 11) is 1.60. The van der Waals surface area contributed by atoms with Gasteiger partial charge in [-0.25, -0.2) is 0 Å². The fourth-order valence-electron chi connectivity index (χ4n) is 2.08. The van der Waals surface area contributed by atoms with Crippen molar-refractivity contribution in [3.63, 3.8) is 0 Å². The van der Waals surface area contributed by atoms with Gasteiger partial charge in [-0.1, -0.05) is 13.3 Å². The summed E-state index contributed by atoms with van der Waals surface area (Å²) in [6.07, 6.45) is 3.80. The molecule has 1 N–H and O–H groups in total. The first-order chi connectivity index (χ1) is 7.25. The zero-order valence-corrected chi connectivity index (χ0v) is 9.67. The van der Waals surface area contributed by atoms with Gasteiger partial charge in [-0.2, -0.15) is 0 Å². The molecular weight excluding hydrogens is 194 g/mol. The Balaban J connectivity index is 2.44. The Kier molecular flexibility index (Phi) is 5.05. The van der Waals surface area contributed by atoms with E-state index in [1.807, 2.05) is 0 Å². The highest BCUT2D eigenvalue weighted by Gasteiger charge is 2.41. The molecule has 4 heteroatoms. The molecule has 0 aliphatic carbocycles. The van der Waals surface area contributed by atoms with Crippen LogP contribution in [0.5, 0.6) is 0 Å². The van der Waals surface area contributed by atoms with Crippen LogP contribution in [-0.4, -0.2) is 38.4 Å². The molecule has 0 saturated carbocycles. The number of methoxy groups -OCH3 is 1. The summed E-state index contributed by atoms with van der Waals surface area (Å²) in [5, 5.41) is 3.28. The van der Waals surface area contributed by atoms with Crippen LogP contribution in [0.3, 0.4) is 0 Å². The number of rotatable bonds is 6. The Morgan fingerprint density at radius 1 is 1.47 bits per heavy atom. The Bertz CT molecular complexity index is 200. The van der Waals surface area contributed by atoms with E-state index in [1.54, 1.807) is 7.11 Å². The monoisotopic (exact) mass is 215 g/mol. The Morgan fingerprint density at radius 3 is 2.80 bits per heavy atom. The van der Waals surface area contributed by atoms with Gasteiger partial charge in [0.1, 0.15) is 12.1 Å². The molecule has 0 radical (unpaired) electrons. The predicted octanol–water partition coefficient (Wildman–Crippen LogP) is 1.10. The van der Waals surface area contributed by atoms with Crippen molar-refractivity contribution in [2.24, 2.45) is 0 Å². The highest BCUT2D eigenvalue weighted by molar-refractivity contribution is 5.81. The van der Waals surface area contributed by atoms with Gasteiger partial charge in [0.25, 0.3) is 0 Å². The summed E-state index contributed by atoms with van der Waals surface area (Å²) in [4.78, 5) is 11.9. The molecule has 88 valence electrons. The second-order valence-electron chi connectivity index (χ2n) is 3.99. The summed E-state index contributed by atoms with van der Waals surface area (Å²) in [5.41, 5.74) is -0.414. The van der Waals surface area contributed by atoms with Gasteiger partial charge in [0.15, 0.2) is 0 Å². The lowest BCUT2D eigenvalue weighted by atomic mass is 9.92. The van der Waals surface area contributed by atoms with Crippen molar-refractivity contribution in [1.82, 2.24) is 5.32 Å². The lowest BCUT2D eigenvalue weighted by Crippen LogP contribution is -2.48. The van der Waals surface area contributed by atoms with Crippen molar-refractivity contribution >= 4 is 5.97 Å². The molecule has 1 saturated heterocycles. The van der Waals surface area contributed by atoms with Crippen molar-refractivity contribution in [3.05, 3.63) is 0 Å².